The lowest BCUT2D eigenvalue weighted by atomic mass is 10.2. The Morgan fingerprint density at radius 2 is 2.24 bits per heavy atom. The van der Waals surface area contributed by atoms with Crippen LogP contribution >= 0.6 is 23.4 Å². The first-order chi connectivity index (χ1) is 8.22. The van der Waals surface area contributed by atoms with Crippen molar-refractivity contribution in [3.63, 3.8) is 0 Å². The minimum absolute atomic E-state index is 0.00537. The molecule has 1 aliphatic heterocycles. The number of halogens is 1. The van der Waals surface area contributed by atoms with Crippen LogP contribution in [-0.4, -0.2) is 47.4 Å². The first-order valence-electron chi connectivity index (χ1n) is 5.42. The minimum Gasteiger partial charge on any atom is -0.373 e. The number of hydrogen-bond donors (Lipinski definition) is 1. The van der Waals surface area contributed by atoms with Gasteiger partial charge in [0, 0.05) is 37.8 Å². The summed E-state index contributed by atoms with van der Waals surface area (Å²) in [7, 11) is 1.77. The molecule has 92 valence electrons. The Bertz CT molecular complexity index is 421. The number of carbonyl (C=O) groups excluding carboxylic acids is 1. The van der Waals surface area contributed by atoms with E-state index in [2.05, 4.69) is 10.3 Å². The molecule has 0 spiro atoms. The zero-order valence-electron chi connectivity index (χ0n) is 9.57. The monoisotopic (exact) mass is 271 g/mol. The SMILES string of the molecule is CNc1cc(C(=O)N2CCSCC2)c(Cl)cn1. The summed E-state index contributed by atoms with van der Waals surface area (Å²) in [6.45, 7) is 1.58. The number of thioether (sulfide) groups is 1. The summed E-state index contributed by atoms with van der Waals surface area (Å²) < 4.78 is 0. The van der Waals surface area contributed by atoms with Crippen molar-refractivity contribution in [2.45, 2.75) is 0 Å². The molecule has 1 aliphatic rings. The maximum atomic E-state index is 12.3. The van der Waals surface area contributed by atoms with Gasteiger partial charge in [-0.2, -0.15) is 11.8 Å². The van der Waals surface area contributed by atoms with Crippen LogP contribution in [0, 0.1) is 0 Å². The van der Waals surface area contributed by atoms with Crippen molar-refractivity contribution in [3.05, 3.63) is 22.8 Å². The second-order valence-corrected chi connectivity index (χ2v) is 5.34. The summed E-state index contributed by atoms with van der Waals surface area (Å²) in [5.74, 6) is 2.64. The number of carbonyl (C=O) groups is 1. The fourth-order valence-electron chi connectivity index (χ4n) is 1.68. The zero-order chi connectivity index (χ0) is 12.3. The Kier molecular flexibility index (Phi) is 4.12. The number of anilines is 1. The average molecular weight is 272 g/mol. The highest BCUT2D eigenvalue weighted by Gasteiger charge is 2.21. The molecule has 0 aliphatic carbocycles. The third-order valence-electron chi connectivity index (χ3n) is 2.64. The standard InChI is InChI=1S/C11H14ClN3OS/c1-13-10-6-8(9(12)7-14-10)11(16)15-2-4-17-5-3-15/h6-7H,2-5H2,1H3,(H,13,14). The van der Waals surface area contributed by atoms with E-state index in [-0.39, 0.29) is 5.91 Å². The first kappa shape index (κ1) is 12.5. The molecule has 1 aromatic rings. The second-order valence-electron chi connectivity index (χ2n) is 3.70. The number of hydrogen-bond acceptors (Lipinski definition) is 4. The topological polar surface area (TPSA) is 45.2 Å². The van der Waals surface area contributed by atoms with Gasteiger partial charge in [-0.05, 0) is 6.07 Å². The largest absolute Gasteiger partial charge is 0.373 e. The van der Waals surface area contributed by atoms with Crippen molar-refractivity contribution < 1.29 is 4.79 Å². The zero-order valence-corrected chi connectivity index (χ0v) is 11.1. The van der Waals surface area contributed by atoms with Gasteiger partial charge in [0.05, 0.1) is 10.6 Å². The molecule has 0 aromatic carbocycles. The summed E-state index contributed by atoms with van der Waals surface area (Å²) >= 11 is 7.90. The highest BCUT2D eigenvalue weighted by atomic mass is 35.5. The fraction of sp³-hybridized carbons (Fsp3) is 0.455. The highest BCUT2D eigenvalue weighted by molar-refractivity contribution is 7.99. The Morgan fingerprint density at radius 1 is 1.53 bits per heavy atom. The summed E-state index contributed by atoms with van der Waals surface area (Å²) in [6, 6.07) is 1.70. The molecule has 17 heavy (non-hydrogen) atoms. The van der Waals surface area contributed by atoms with E-state index in [1.54, 1.807) is 13.1 Å². The molecule has 0 atom stereocenters. The lowest BCUT2D eigenvalue weighted by Gasteiger charge is -2.26. The van der Waals surface area contributed by atoms with Crippen molar-refractivity contribution in [3.8, 4) is 0 Å². The number of aromatic nitrogens is 1. The van der Waals surface area contributed by atoms with Gasteiger partial charge in [0.25, 0.3) is 5.91 Å². The average Bonchev–Trinajstić information content (AvgIpc) is 2.39. The van der Waals surface area contributed by atoms with Crippen molar-refractivity contribution in [2.75, 3.05) is 37.0 Å². The molecule has 2 heterocycles. The molecule has 0 unspecified atom stereocenters. The number of pyridine rings is 1. The van der Waals surface area contributed by atoms with Gasteiger partial charge in [0.15, 0.2) is 0 Å². The Labute approximate surface area is 110 Å². The Hall–Kier alpha value is -0.940. The molecule has 4 nitrogen and oxygen atoms in total. The molecular formula is C11H14ClN3OS. The summed E-state index contributed by atoms with van der Waals surface area (Å²) in [5, 5.41) is 3.32. The fourth-order valence-corrected chi connectivity index (χ4v) is 2.76. The third-order valence-corrected chi connectivity index (χ3v) is 3.88. The molecule has 1 saturated heterocycles. The molecule has 0 saturated carbocycles. The van der Waals surface area contributed by atoms with Crippen molar-refractivity contribution in [2.24, 2.45) is 0 Å². The highest BCUT2D eigenvalue weighted by Crippen LogP contribution is 2.21. The maximum absolute atomic E-state index is 12.3. The number of amides is 1. The van der Waals surface area contributed by atoms with Crippen LogP contribution in [0.15, 0.2) is 12.3 Å². The van der Waals surface area contributed by atoms with Gasteiger partial charge >= 0.3 is 0 Å². The van der Waals surface area contributed by atoms with Gasteiger partial charge in [-0.25, -0.2) is 4.98 Å². The third kappa shape index (κ3) is 2.84. The van der Waals surface area contributed by atoms with Crippen molar-refractivity contribution >= 4 is 35.1 Å². The molecule has 6 heteroatoms. The van der Waals surface area contributed by atoms with Gasteiger partial charge in [-0.15, -0.1) is 0 Å². The van der Waals surface area contributed by atoms with Crippen LogP contribution in [0.2, 0.25) is 5.02 Å². The lowest BCUT2D eigenvalue weighted by Crippen LogP contribution is -2.38. The maximum Gasteiger partial charge on any atom is 0.255 e. The van der Waals surface area contributed by atoms with Crippen LogP contribution in [0.5, 0.6) is 0 Å². The van der Waals surface area contributed by atoms with Gasteiger partial charge in [-0.1, -0.05) is 11.6 Å². The molecule has 0 bridgehead atoms. The smallest absolute Gasteiger partial charge is 0.255 e. The molecular weight excluding hydrogens is 258 g/mol. The van der Waals surface area contributed by atoms with E-state index in [4.69, 9.17) is 11.6 Å². The van der Waals surface area contributed by atoms with Gasteiger partial charge in [0.1, 0.15) is 5.82 Å². The predicted molar refractivity (Wildman–Crippen MR) is 72.0 cm³/mol. The number of rotatable bonds is 2. The molecule has 0 radical (unpaired) electrons. The molecule has 1 aromatic heterocycles. The van der Waals surface area contributed by atoms with Crippen LogP contribution in [0.1, 0.15) is 10.4 Å². The number of nitrogens with one attached hydrogen (secondary N) is 1. The van der Waals surface area contributed by atoms with E-state index in [0.717, 1.165) is 24.6 Å². The van der Waals surface area contributed by atoms with Crippen LogP contribution in [0.4, 0.5) is 5.82 Å². The van der Waals surface area contributed by atoms with E-state index in [1.165, 1.54) is 6.20 Å². The molecule has 1 N–H and O–H groups in total. The van der Waals surface area contributed by atoms with E-state index in [0.29, 0.717) is 16.4 Å². The van der Waals surface area contributed by atoms with Gasteiger partial charge in [0.2, 0.25) is 0 Å². The van der Waals surface area contributed by atoms with Crippen molar-refractivity contribution in [1.82, 2.24) is 9.88 Å². The summed E-state index contributed by atoms with van der Waals surface area (Å²) in [5.41, 5.74) is 0.526. The van der Waals surface area contributed by atoms with Crippen LogP contribution in [-0.2, 0) is 0 Å². The lowest BCUT2D eigenvalue weighted by molar-refractivity contribution is 0.0772. The predicted octanol–water partition coefficient (Wildman–Crippen LogP) is 1.97. The van der Waals surface area contributed by atoms with Crippen molar-refractivity contribution in [1.29, 1.82) is 0 Å². The summed E-state index contributed by atoms with van der Waals surface area (Å²) in [4.78, 5) is 18.2. The van der Waals surface area contributed by atoms with Gasteiger partial charge < -0.3 is 10.2 Å². The molecule has 1 fully saturated rings. The quantitative estimate of drug-likeness (QED) is 0.893. The van der Waals surface area contributed by atoms with E-state index in [9.17, 15) is 4.79 Å². The second kappa shape index (κ2) is 5.60. The normalized spacial score (nSPS) is 15.8. The van der Waals surface area contributed by atoms with Crippen LogP contribution in [0.25, 0.3) is 0 Å². The van der Waals surface area contributed by atoms with Gasteiger partial charge in [-0.3, -0.25) is 4.79 Å². The van der Waals surface area contributed by atoms with E-state index in [1.807, 2.05) is 16.7 Å². The first-order valence-corrected chi connectivity index (χ1v) is 6.96. The molecule has 1 amide bonds. The Balaban J connectivity index is 2.22. The van der Waals surface area contributed by atoms with Crippen LogP contribution < -0.4 is 5.32 Å². The minimum atomic E-state index is -0.00537. The summed E-state index contributed by atoms with van der Waals surface area (Å²) in [6.07, 6.45) is 1.51. The molecule has 2 rings (SSSR count). The van der Waals surface area contributed by atoms with E-state index < -0.39 is 0 Å². The number of nitrogens with zero attached hydrogens (tertiary/aromatic N) is 2. The van der Waals surface area contributed by atoms with E-state index >= 15 is 0 Å². The Morgan fingerprint density at radius 3 is 2.88 bits per heavy atom. The van der Waals surface area contributed by atoms with Crippen LogP contribution in [0.3, 0.4) is 0 Å².